The van der Waals surface area contributed by atoms with E-state index < -0.39 is 15.7 Å². The Bertz CT molecular complexity index is 524. The summed E-state index contributed by atoms with van der Waals surface area (Å²) in [6, 6.07) is 3.39. The van der Waals surface area contributed by atoms with E-state index in [0.29, 0.717) is 13.0 Å². The Kier molecular flexibility index (Phi) is 3.87. The van der Waals surface area contributed by atoms with Crippen LogP contribution in [0, 0.1) is 5.82 Å². The van der Waals surface area contributed by atoms with E-state index in [-0.39, 0.29) is 22.4 Å². The maximum Gasteiger partial charge on any atom is 0.180 e. The van der Waals surface area contributed by atoms with Gasteiger partial charge in [0.25, 0.3) is 0 Å². The van der Waals surface area contributed by atoms with Gasteiger partial charge in [0.05, 0.1) is 22.4 Å². The first kappa shape index (κ1) is 13.3. The number of hydrogen-bond donors (Lipinski definition) is 1. The quantitative estimate of drug-likeness (QED) is 0.849. The topological polar surface area (TPSA) is 69.4 Å². The monoisotopic (exact) mass is 273 g/mol. The molecule has 1 aromatic rings. The van der Waals surface area contributed by atoms with Crippen molar-refractivity contribution in [2.24, 2.45) is 0 Å². The van der Waals surface area contributed by atoms with E-state index in [2.05, 4.69) is 0 Å². The maximum atomic E-state index is 13.1. The average molecular weight is 273 g/mol. The first-order valence-corrected chi connectivity index (χ1v) is 7.53. The number of ether oxygens (including phenoxy) is 1. The van der Waals surface area contributed by atoms with Gasteiger partial charge in [0, 0.05) is 6.61 Å². The largest absolute Gasteiger partial charge is 0.398 e. The zero-order chi connectivity index (χ0) is 13.2. The second-order valence-corrected chi connectivity index (χ2v) is 6.50. The molecule has 0 spiro atoms. The zero-order valence-electron chi connectivity index (χ0n) is 9.93. The zero-order valence-corrected chi connectivity index (χ0v) is 10.7. The third-order valence-corrected chi connectivity index (χ3v) is 4.84. The summed E-state index contributed by atoms with van der Waals surface area (Å²) in [6.45, 7) is 0.687. The summed E-state index contributed by atoms with van der Waals surface area (Å²) in [4.78, 5) is -0.125. The fourth-order valence-electron chi connectivity index (χ4n) is 2.05. The predicted octanol–water partition coefficient (Wildman–Crippen LogP) is 1.75. The van der Waals surface area contributed by atoms with Crippen LogP contribution in [0.15, 0.2) is 23.1 Å². The van der Waals surface area contributed by atoms with Crippen molar-refractivity contribution < 1.29 is 17.5 Å². The Labute approximate surface area is 106 Å². The van der Waals surface area contributed by atoms with E-state index in [1.807, 2.05) is 0 Å². The summed E-state index contributed by atoms with van der Waals surface area (Å²) in [7, 11) is -3.55. The lowest BCUT2D eigenvalue weighted by Crippen LogP contribution is -2.15. The molecule has 6 heteroatoms. The minimum atomic E-state index is -3.55. The van der Waals surface area contributed by atoms with E-state index >= 15 is 0 Å². The van der Waals surface area contributed by atoms with E-state index in [9.17, 15) is 12.8 Å². The van der Waals surface area contributed by atoms with Gasteiger partial charge in [0.2, 0.25) is 0 Å². The smallest absolute Gasteiger partial charge is 0.180 e. The number of hydrogen-bond acceptors (Lipinski definition) is 4. The van der Waals surface area contributed by atoms with Crippen LogP contribution in [0.2, 0.25) is 0 Å². The molecule has 1 fully saturated rings. The second-order valence-electron chi connectivity index (χ2n) is 4.42. The van der Waals surface area contributed by atoms with Gasteiger partial charge in [0.15, 0.2) is 9.84 Å². The number of halogens is 1. The van der Waals surface area contributed by atoms with Crippen LogP contribution >= 0.6 is 0 Å². The number of rotatable bonds is 4. The van der Waals surface area contributed by atoms with Crippen LogP contribution in [0.5, 0.6) is 0 Å². The van der Waals surface area contributed by atoms with Gasteiger partial charge in [-0.15, -0.1) is 0 Å². The highest BCUT2D eigenvalue weighted by molar-refractivity contribution is 7.91. The Morgan fingerprint density at radius 2 is 2.22 bits per heavy atom. The molecular formula is C12H16FNO3S. The molecule has 0 saturated carbocycles. The Hall–Kier alpha value is -1.14. The molecule has 4 nitrogen and oxygen atoms in total. The molecule has 1 aliphatic rings. The summed E-state index contributed by atoms with van der Waals surface area (Å²) in [5.41, 5.74) is 5.67. The lowest BCUT2D eigenvalue weighted by molar-refractivity contribution is 0.109. The van der Waals surface area contributed by atoms with Gasteiger partial charge in [-0.2, -0.15) is 0 Å². The number of sulfone groups is 1. The number of anilines is 1. The Balaban J connectivity index is 2.12. The molecule has 1 saturated heterocycles. The van der Waals surface area contributed by atoms with E-state index in [4.69, 9.17) is 10.5 Å². The van der Waals surface area contributed by atoms with Gasteiger partial charge >= 0.3 is 0 Å². The van der Waals surface area contributed by atoms with Crippen molar-refractivity contribution in [3.63, 3.8) is 0 Å². The Morgan fingerprint density at radius 1 is 1.44 bits per heavy atom. The van der Waals surface area contributed by atoms with Crippen LogP contribution in [0.4, 0.5) is 10.1 Å². The van der Waals surface area contributed by atoms with Gasteiger partial charge < -0.3 is 10.5 Å². The highest BCUT2D eigenvalue weighted by atomic mass is 32.2. The van der Waals surface area contributed by atoms with Gasteiger partial charge in [-0.1, -0.05) is 0 Å². The number of nitrogen functional groups attached to an aromatic ring is 1. The van der Waals surface area contributed by atoms with Gasteiger partial charge in [-0.25, -0.2) is 12.8 Å². The van der Waals surface area contributed by atoms with Crippen LogP contribution in [0.3, 0.4) is 0 Å². The summed E-state index contributed by atoms with van der Waals surface area (Å²) >= 11 is 0. The van der Waals surface area contributed by atoms with Crippen molar-refractivity contribution >= 4 is 15.5 Å². The normalized spacial score (nSPS) is 20.2. The summed E-state index contributed by atoms with van der Waals surface area (Å²) in [6.07, 6.45) is 2.27. The molecule has 0 aromatic heterocycles. The molecule has 2 rings (SSSR count). The van der Waals surface area contributed by atoms with Crippen LogP contribution in [0.25, 0.3) is 0 Å². The van der Waals surface area contributed by atoms with Crippen molar-refractivity contribution in [2.45, 2.75) is 30.3 Å². The molecule has 1 aromatic carbocycles. The molecule has 0 aliphatic carbocycles. The van der Waals surface area contributed by atoms with Crippen LogP contribution in [0.1, 0.15) is 19.3 Å². The van der Waals surface area contributed by atoms with Crippen molar-refractivity contribution in [3.05, 3.63) is 24.0 Å². The van der Waals surface area contributed by atoms with Gasteiger partial charge in [0.1, 0.15) is 5.82 Å². The molecule has 1 atom stereocenters. The molecule has 18 heavy (non-hydrogen) atoms. The minimum Gasteiger partial charge on any atom is -0.398 e. The van der Waals surface area contributed by atoms with Crippen molar-refractivity contribution in [1.82, 2.24) is 0 Å². The van der Waals surface area contributed by atoms with Crippen molar-refractivity contribution in [2.75, 3.05) is 18.1 Å². The molecule has 0 bridgehead atoms. The predicted molar refractivity (Wildman–Crippen MR) is 66.5 cm³/mol. The molecule has 1 heterocycles. The third kappa shape index (κ3) is 3.00. The molecular weight excluding hydrogens is 257 g/mol. The standard InChI is InChI=1S/C12H16FNO3S/c13-9-3-4-11(14)12(8-9)18(15,16)7-5-10-2-1-6-17-10/h3-4,8,10H,1-2,5-7,14H2. The molecule has 1 aliphatic heterocycles. The first-order chi connectivity index (χ1) is 8.49. The summed E-state index contributed by atoms with van der Waals surface area (Å²) < 4.78 is 42.6. The lowest BCUT2D eigenvalue weighted by atomic mass is 10.2. The highest BCUT2D eigenvalue weighted by Gasteiger charge is 2.22. The van der Waals surface area contributed by atoms with Crippen molar-refractivity contribution in [1.29, 1.82) is 0 Å². The molecule has 100 valence electrons. The van der Waals surface area contributed by atoms with Crippen LogP contribution < -0.4 is 5.73 Å². The third-order valence-electron chi connectivity index (χ3n) is 3.04. The van der Waals surface area contributed by atoms with Crippen molar-refractivity contribution in [3.8, 4) is 0 Å². The first-order valence-electron chi connectivity index (χ1n) is 5.88. The van der Waals surface area contributed by atoms with E-state index in [1.165, 1.54) is 6.07 Å². The second kappa shape index (κ2) is 5.24. The lowest BCUT2D eigenvalue weighted by Gasteiger charge is -2.11. The van der Waals surface area contributed by atoms with Gasteiger partial charge in [-0.3, -0.25) is 0 Å². The molecule has 2 N–H and O–H groups in total. The van der Waals surface area contributed by atoms with Gasteiger partial charge in [-0.05, 0) is 37.5 Å². The average Bonchev–Trinajstić information content (AvgIpc) is 2.83. The van der Waals surface area contributed by atoms with Crippen LogP contribution in [-0.4, -0.2) is 26.9 Å². The molecule has 1 unspecified atom stereocenters. The molecule has 0 amide bonds. The number of nitrogens with two attached hydrogens (primary N) is 1. The van der Waals surface area contributed by atoms with Crippen LogP contribution in [-0.2, 0) is 14.6 Å². The van der Waals surface area contributed by atoms with E-state index in [0.717, 1.165) is 25.0 Å². The summed E-state index contributed by atoms with van der Waals surface area (Å²) in [5.74, 6) is -0.661. The van der Waals surface area contributed by atoms with E-state index in [1.54, 1.807) is 0 Å². The Morgan fingerprint density at radius 3 is 2.89 bits per heavy atom. The minimum absolute atomic E-state index is 0.00504. The fraction of sp³-hybridized carbons (Fsp3) is 0.500. The number of benzene rings is 1. The fourth-order valence-corrected chi connectivity index (χ4v) is 3.56. The summed E-state index contributed by atoms with van der Waals surface area (Å²) in [5, 5.41) is 0. The molecule has 0 radical (unpaired) electrons. The highest BCUT2D eigenvalue weighted by Crippen LogP contribution is 2.23. The SMILES string of the molecule is Nc1ccc(F)cc1S(=O)(=O)CCC1CCCO1. The maximum absolute atomic E-state index is 13.1.